The lowest BCUT2D eigenvalue weighted by molar-refractivity contribution is -0.153. The molecule has 2 aromatic carbocycles. The van der Waals surface area contributed by atoms with E-state index in [-0.39, 0.29) is 28.4 Å². The van der Waals surface area contributed by atoms with Gasteiger partial charge in [0.1, 0.15) is 5.82 Å². The number of ether oxygens (including phenoxy) is 1. The van der Waals surface area contributed by atoms with Crippen molar-refractivity contribution in [2.75, 3.05) is 32.8 Å². The van der Waals surface area contributed by atoms with Gasteiger partial charge in [0.05, 0.1) is 40.5 Å². The minimum atomic E-state index is -0.427. The highest BCUT2D eigenvalue weighted by Gasteiger charge is 2.49. The van der Waals surface area contributed by atoms with Crippen molar-refractivity contribution in [3.8, 4) is 11.1 Å². The molecule has 0 saturated carbocycles. The maximum absolute atomic E-state index is 14.3. The SMILES string of the molecule is CC1(C)CN(C(=O)c2ccc(F)cc2-c2ccc(Cl)c(Cl)c2)C1Cn1cc(CCN2CCOC(C)(C(C)(C)C)C2)nn1. The lowest BCUT2D eigenvalue weighted by Crippen LogP contribution is -2.65. The molecule has 3 heterocycles. The number of likely N-dealkylation sites (tertiary alicyclic amines) is 1. The Bertz CT molecular complexity index is 1470. The molecule has 42 heavy (non-hydrogen) atoms. The molecule has 0 radical (unpaired) electrons. The number of halogens is 3. The Morgan fingerprint density at radius 3 is 2.55 bits per heavy atom. The number of nitrogens with zero attached hydrogens (tertiary/aromatic N) is 5. The van der Waals surface area contributed by atoms with Crippen molar-refractivity contribution in [3.63, 3.8) is 0 Å². The van der Waals surface area contributed by atoms with E-state index < -0.39 is 5.82 Å². The first-order chi connectivity index (χ1) is 19.7. The van der Waals surface area contributed by atoms with Gasteiger partial charge in [-0.15, -0.1) is 5.10 Å². The lowest BCUT2D eigenvalue weighted by Gasteiger charge is -2.54. The molecule has 2 fully saturated rings. The van der Waals surface area contributed by atoms with Crippen LogP contribution in [-0.2, 0) is 17.7 Å². The third-order valence-electron chi connectivity index (χ3n) is 9.13. The molecule has 1 amide bonds. The van der Waals surface area contributed by atoms with E-state index in [1.807, 2.05) is 15.8 Å². The Morgan fingerprint density at radius 2 is 1.86 bits per heavy atom. The Balaban J connectivity index is 1.27. The molecule has 1 aromatic heterocycles. The maximum Gasteiger partial charge on any atom is 0.254 e. The summed E-state index contributed by atoms with van der Waals surface area (Å²) in [7, 11) is 0. The number of rotatable bonds is 7. The zero-order valence-corrected chi connectivity index (χ0v) is 26.8. The van der Waals surface area contributed by atoms with Crippen molar-refractivity contribution < 1.29 is 13.9 Å². The van der Waals surface area contributed by atoms with E-state index in [9.17, 15) is 9.18 Å². The van der Waals surface area contributed by atoms with Crippen LogP contribution in [0.4, 0.5) is 4.39 Å². The van der Waals surface area contributed by atoms with Gasteiger partial charge in [-0.05, 0) is 53.8 Å². The molecule has 2 aliphatic rings. The van der Waals surface area contributed by atoms with Gasteiger partial charge in [0, 0.05) is 49.8 Å². The topological polar surface area (TPSA) is 63.5 Å². The smallest absolute Gasteiger partial charge is 0.254 e. The van der Waals surface area contributed by atoms with Crippen LogP contribution in [-0.4, -0.2) is 75.1 Å². The molecule has 226 valence electrons. The molecule has 2 atom stereocenters. The maximum atomic E-state index is 14.3. The average Bonchev–Trinajstić information content (AvgIpc) is 3.38. The van der Waals surface area contributed by atoms with Gasteiger partial charge in [0.15, 0.2) is 0 Å². The average molecular weight is 617 g/mol. The predicted molar refractivity (Wildman–Crippen MR) is 164 cm³/mol. The van der Waals surface area contributed by atoms with Gasteiger partial charge < -0.3 is 9.64 Å². The highest BCUT2D eigenvalue weighted by Crippen LogP contribution is 2.41. The summed E-state index contributed by atoms with van der Waals surface area (Å²) in [4.78, 5) is 18.1. The second-order valence-electron chi connectivity index (χ2n) is 13.5. The molecule has 10 heteroatoms. The summed E-state index contributed by atoms with van der Waals surface area (Å²) in [5, 5.41) is 9.59. The number of aromatic nitrogens is 3. The number of morpholine rings is 1. The van der Waals surface area contributed by atoms with Gasteiger partial charge >= 0.3 is 0 Å². The molecule has 5 rings (SSSR count). The number of hydrogen-bond acceptors (Lipinski definition) is 5. The first-order valence-electron chi connectivity index (χ1n) is 14.5. The van der Waals surface area contributed by atoms with E-state index in [1.165, 1.54) is 12.1 Å². The zero-order valence-electron chi connectivity index (χ0n) is 25.3. The van der Waals surface area contributed by atoms with Gasteiger partial charge in [-0.2, -0.15) is 0 Å². The third-order valence-corrected chi connectivity index (χ3v) is 9.87. The molecule has 0 bridgehead atoms. The largest absolute Gasteiger partial charge is 0.372 e. The molecule has 7 nitrogen and oxygen atoms in total. The monoisotopic (exact) mass is 615 g/mol. The van der Waals surface area contributed by atoms with Crippen molar-refractivity contribution in [1.29, 1.82) is 0 Å². The summed E-state index contributed by atoms with van der Waals surface area (Å²) < 4.78 is 22.3. The summed E-state index contributed by atoms with van der Waals surface area (Å²) in [6, 6.07) is 9.18. The second kappa shape index (κ2) is 11.5. The van der Waals surface area contributed by atoms with Gasteiger partial charge in [-0.1, -0.05) is 69.1 Å². The molecule has 0 spiro atoms. The number of amides is 1. The van der Waals surface area contributed by atoms with E-state index in [2.05, 4.69) is 56.8 Å². The fourth-order valence-corrected chi connectivity index (χ4v) is 6.17. The summed E-state index contributed by atoms with van der Waals surface area (Å²) >= 11 is 12.3. The van der Waals surface area contributed by atoms with Crippen LogP contribution in [0.1, 0.15) is 57.6 Å². The van der Waals surface area contributed by atoms with Crippen molar-refractivity contribution in [1.82, 2.24) is 24.8 Å². The molecular weight excluding hydrogens is 576 g/mol. The minimum Gasteiger partial charge on any atom is -0.372 e. The fraction of sp³-hybridized carbons (Fsp3) is 0.531. The molecule has 0 aliphatic carbocycles. The van der Waals surface area contributed by atoms with Crippen LogP contribution in [0.25, 0.3) is 11.1 Å². The Kier molecular flexibility index (Phi) is 8.49. The summed E-state index contributed by atoms with van der Waals surface area (Å²) in [5.41, 5.74) is 2.19. The van der Waals surface area contributed by atoms with Gasteiger partial charge in [0.2, 0.25) is 0 Å². The van der Waals surface area contributed by atoms with Crippen molar-refractivity contribution in [2.24, 2.45) is 10.8 Å². The molecule has 2 saturated heterocycles. The normalized spacial score (nSPS) is 22.7. The predicted octanol–water partition coefficient (Wildman–Crippen LogP) is 6.62. The van der Waals surface area contributed by atoms with Crippen LogP contribution in [0.5, 0.6) is 0 Å². The highest BCUT2D eigenvalue weighted by molar-refractivity contribution is 6.42. The zero-order chi connectivity index (χ0) is 30.4. The van der Waals surface area contributed by atoms with Crippen LogP contribution < -0.4 is 0 Å². The highest BCUT2D eigenvalue weighted by atomic mass is 35.5. The van der Waals surface area contributed by atoms with E-state index in [0.29, 0.717) is 39.8 Å². The van der Waals surface area contributed by atoms with Crippen molar-refractivity contribution in [2.45, 2.75) is 66.2 Å². The van der Waals surface area contributed by atoms with E-state index in [1.54, 1.807) is 24.3 Å². The number of benzene rings is 2. The van der Waals surface area contributed by atoms with Crippen LogP contribution in [0.3, 0.4) is 0 Å². The summed E-state index contributed by atoms with van der Waals surface area (Å²) in [6.07, 6.45) is 2.78. The van der Waals surface area contributed by atoms with Crippen molar-refractivity contribution in [3.05, 3.63) is 69.7 Å². The number of carbonyl (C=O) groups is 1. The Labute approximate surface area is 257 Å². The van der Waals surface area contributed by atoms with Crippen molar-refractivity contribution >= 4 is 29.1 Å². The minimum absolute atomic E-state index is 0.0459. The van der Waals surface area contributed by atoms with E-state index in [0.717, 1.165) is 38.4 Å². The van der Waals surface area contributed by atoms with E-state index in [4.69, 9.17) is 27.9 Å². The Morgan fingerprint density at radius 1 is 1.10 bits per heavy atom. The standard InChI is InChI=1S/C32H40Cl2FN5O2/c1-30(2,3)32(6)20-38(13-14-42-32)12-11-23-17-39(37-36-23)18-28-31(4,5)19-40(28)29(41)24-9-8-22(35)16-25(24)21-7-10-26(33)27(34)15-21/h7-10,15-17,28H,11-14,18-20H2,1-6H3. The molecule has 3 aromatic rings. The van der Waals surface area contributed by atoms with Crippen LogP contribution in [0.2, 0.25) is 10.0 Å². The van der Waals surface area contributed by atoms with Gasteiger partial charge in [-0.25, -0.2) is 4.39 Å². The third kappa shape index (κ3) is 6.23. The quantitative estimate of drug-likeness (QED) is 0.299. The van der Waals surface area contributed by atoms with Crippen LogP contribution in [0, 0.1) is 16.6 Å². The first-order valence-corrected chi connectivity index (χ1v) is 15.2. The number of carbonyl (C=O) groups excluding carboxylic acids is 1. The fourth-order valence-electron chi connectivity index (χ4n) is 5.87. The van der Waals surface area contributed by atoms with Crippen LogP contribution >= 0.6 is 23.2 Å². The molecular formula is C32H40Cl2FN5O2. The van der Waals surface area contributed by atoms with Crippen LogP contribution in [0.15, 0.2) is 42.6 Å². The molecule has 2 unspecified atom stereocenters. The Hall–Kier alpha value is -2.52. The first kappa shape index (κ1) is 30.9. The molecule has 2 aliphatic heterocycles. The van der Waals surface area contributed by atoms with E-state index >= 15 is 0 Å². The summed E-state index contributed by atoms with van der Waals surface area (Å²) in [6.45, 7) is 17.7. The number of hydrogen-bond donors (Lipinski definition) is 0. The summed E-state index contributed by atoms with van der Waals surface area (Å²) in [5.74, 6) is -0.585. The lowest BCUT2D eigenvalue weighted by atomic mass is 9.74. The second-order valence-corrected chi connectivity index (χ2v) is 14.4. The van der Waals surface area contributed by atoms with Gasteiger partial charge in [-0.3, -0.25) is 14.4 Å². The van der Waals surface area contributed by atoms with Gasteiger partial charge in [0.25, 0.3) is 5.91 Å². The molecule has 0 N–H and O–H groups in total.